The molecule has 0 aliphatic carbocycles. The molecule has 0 heterocycles. The summed E-state index contributed by atoms with van der Waals surface area (Å²) in [7, 11) is 0. The minimum absolute atomic E-state index is 0.140. The number of ether oxygens (including phenoxy) is 1. The van der Waals surface area contributed by atoms with E-state index in [0.29, 0.717) is 12.0 Å². The zero-order valence-corrected chi connectivity index (χ0v) is 9.77. The molecular formula is C13H14F3O. The minimum atomic E-state index is -4.66. The highest BCUT2D eigenvalue weighted by atomic mass is 19.4. The Bertz CT molecular complexity index is 396. The number of hydrogen-bond acceptors (Lipinski definition) is 1. The Morgan fingerprint density at radius 1 is 1.41 bits per heavy atom. The summed E-state index contributed by atoms with van der Waals surface area (Å²) in [4.78, 5) is 0. The van der Waals surface area contributed by atoms with Gasteiger partial charge in [-0.3, -0.25) is 0 Å². The summed E-state index contributed by atoms with van der Waals surface area (Å²) in [6.45, 7) is 7.21. The van der Waals surface area contributed by atoms with Crippen LogP contribution in [0.5, 0.6) is 5.75 Å². The average molecular weight is 243 g/mol. The highest BCUT2D eigenvalue weighted by Gasteiger charge is 2.32. The lowest BCUT2D eigenvalue weighted by Crippen LogP contribution is -2.18. The molecule has 1 aromatic rings. The Morgan fingerprint density at radius 3 is 2.53 bits per heavy atom. The van der Waals surface area contributed by atoms with Crippen LogP contribution in [0.3, 0.4) is 0 Å². The SMILES string of the molecule is C=C[C](C)c1cccc(OC(F)(F)F)c1CC. The van der Waals surface area contributed by atoms with Gasteiger partial charge < -0.3 is 4.74 Å². The van der Waals surface area contributed by atoms with Gasteiger partial charge in [-0.25, -0.2) is 0 Å². The van der Waals surface area contributed by atoms with E-state index in [9.17, 15) is 13.2 Å². The zero-order valence-electron chi connectivity index (χ0n) is 9.77. The predicted molar refractivity (Wildman–Crippen MR) is 60.7 cm³/mol. The van der Waals surface area contributed by atoms with Crippen LogP contribution in [0.1, 0.15) is 25.0 Å². The summed E-state index contributed by atoms with van der Waals surface area (Å²) < 4.78 is 40.7. The van der Waals surface area contributed by atoms with E-state index in [2.05, 4.69) is 11.3 Å². The van der Waals surface area contributed by atoms with E-state index in [-0.39, 0.29) is 5.75 Å². The van der Waals surface area contributed by atoms with Gasteiger partial charge in [-0.1, -0.05) is 32.1 Å². The van der Waals surface area contributed by atoms with Crippen LogP contribution in [0, 0.1) is 5.92 Å². The number of alkyl halides is 3. The van der Waals surface area contributed by atoms with E-state index in [1.165, 1.54) is 6.07 Å². The van der Waals surface area contributed by atoms with Crippen molar-refractivity contribution in [2.75, 3.05) is 0 Å². The smallest absolute Gasteiger partial charge is 0.405 e. The van der Waals surface area contributed by atoms with Crippen molar-refractivity contribution in [1.29, 1.82) is 0 Å². The molecule has 0 fully saturated rings. The normalized spacial score (nSPS) is 11.6. The fraction of sp³-hybridized carbons (Fsp3) is 0.308. The summed E-state index contributed by atoms with van der Waals surface area (Å²) in [6.07, 6.45) is -2.58. The Hall–Kier alpha value is -1.45. The van der Waals surface area contributed by atoms with E-state index >= 15 is 0 Å². The molecule has 4 heteroatoms. The van der Waals surface area contributed by atoms with Crippen LogP contribution in [-0.4, -0.2) is 6.36 Å². The molecule has 0 saturated heterocycles. The quantitative estimate of drug-likeness (QED) is 0.767. The van der Waals surface area contributed by atoms with Gasteiger partial charge in [-0.2, -0.15) is 0 Å². The second-order valence-corrected chi connectivity index (χ2v) is 3.57. The summed E-state index contributed by atoms with van der Waals surface area (Å²) in [6, 6.07) is 4.63. The van der Waals surface area contributed by atoms with E-state index in [1.54, 1.807) is 32.1 Å². The highest BCUT2D eigenvalue weighted by Crippen LogP contribution is 2.32. The first-order chi connectivity index (χ1) is 7.89. The Kier molecular flexibility index (Phi) is 4.21. The van der Waals surface area contributed by atoms with Crippen molar-refractivity contribution in [3.63, 3.8) is 0 Å². The monoisotopic (exact) mass is 243 g/mol. The second-order valence-electron chi connectivity index (χ2n) is 3.57. The molecule has 1 radical (unpaired) electrons. The average Bonchev–Trinajstić information content (AvgIpc) is 2.25. The van der Waals surface area contributed by atoms with Gasteiger partial charge in [0.15, 0.2) is 0 Å². The van der Waals surface area contributed by atoms with Crippen LogP contribution in [-0.2, 0) is 6.42 Å². The molecule has 1 rings (SSSR count). The molecule has 0 atom stereocenters. The largest absolute Gasteiger partial charge is 0.573 e. The molecule has 0 spiro atoms. The van der Waals surface area contributed by atoms with Crippen molar-refractivity contribution in [3.8, 4) is 5.75 Å². The second kappa shape index (κ2) is 5.25. The fourth-order valence-electron chi connectivity index (χ4n) is 1.63. The first kappa shape index (κ1) is 13.6. The molecule has 93 valence electrons. The summed E-state index contributed by atoms with van der Waals surface area (Å²) in [5.41, 5.74) is 1.28. The Labute approximate surface area is 98.9 Å². The van der Waals surface area contributed by atoms with Crippen molar-refractivity contribution in [1.82, 2.24) is 0 Å². The number of rotatable bonds is 4. The van der Waals surface area contributed by atoms with Crippen LogP contribution in [0.15, 0.2) is 30.9 Å². The van der Waals surface area contributed by atoms with Gasteiger partial charge in [0.1, 0.15) is 5.75 Å². The number of halogens is 3. The van der Waals surface area contributed by atoms with Crippen molar-refractivity contribution in [2.45, 2.75) is 26.6 Å². The Morgan fingerprint density at radius 2 is 2.06 bits per heavy atom. The topological polar surface area (TPSA) is 9.23 Å². The van der Waals surface area contributed by atoms with Gasteiger partial charge in [-0.15, -0.1) is 19.8 Å². The zero-order chi connectivity index (χ0) is 13.1. The molecule has 0 amide bonds. The lowest BCUT2D eigenvalue weighted by Gasteiger charge is -2.17. The molecule has 17 heavy (non-hydrogen) atoms. The van der Waals surface area contributed by atoms with Crippen molar-refractivity contribution >= 4 is 0 Å². The number of allylic oxidation sites excluding steroid dienone is 1. The van der Waals surface area contributed by atoms with Gasteiger partial charge in [0.2, 0.25) is 0 Å². The van der Waals surface area contributed by atoms with Gasteiger partial charge in [-0.05, 0) is 23.6 Å². The third kappa shape index (κ3) is 3.51. The maximum Gasteiger partial charge on any atom is 0.573 e. The first-order valence-electron chi connectivity index (χ1n) is 5.23. The van der Waals surface area contributed by atoms with Gasteiger partial charge in [0.25, 0.3) is 0 Å². The standard InChI is InChI=1S/C13H14F3O/c1-4-9(3)11-7-6-8-12(10(11)5-2)17-13(14,15)16/h4,6-8H,1,5H2,2-3H3. The van der Waals surface area contributed by atoms with Gasteiger partial charge >= 0.3 is 6.36 Å². The molecule has 1 nitrogen and oxygen atoms in total. The molecule has 0 saturated carbocycles. The highest BCUT2D eigenvalue weighted by molar-refractivity contribution is 5.49. The van der Waals surface area contributed by atoms with E-state index in [4.69, 9.17) is 0 Å². The third-order valence-electron chi connectivity index (χ3n) is 2.44. The predicted octanol–water partition coefficient (Wildman–Crippen LogP) is 4.28. The summed E-state index contributed by atoms with van der Waals surface area (Å²) in [5.74, 6) is 0.688. The molecular weight excluding hydrogens is 229 g/mol. The molecule has 0 N–H and O–H groups in total. The van der Waals surface area contributed by atoms with Crippen LogP contribution < -0.4 is 4.74 Å². The van der Waals surface area contributed by atoms with E-state index in [1.807, 2.05) is 0 Å². The van der Waals surface area contributed by atoms with Gasteiger partial charge in [0, 0.05) is 5.92 Å². The van der Waals surface area contributed by atoms with Crippen LogP contribution in [0.25, 0.3) is 0 Å². The number of benzene rings is 1. The third-order valence-corrected chi connectivity index (χ3v) is 2.44. The summed E-state index contributed by atoms with van der Waals surface area (Å²) in [5, 5.41) is 0. The van der Waals surface area contributed by atoms with E-state index in [0.717, 1.165) is 11.5 Å². The fourth-order valence-corrected chi connectivity index (χ4v) is 1.63. The van der Waals surface area contributed by atoms with E-state index < -0.39 is 6.36 Å². The van der Waals surface area contributed by atoms with Crippen LogP contribution in [0.4, 0.5) is 13.2 Å². The molecule has 0 aliphatic heterocycles. The van der Waals surface area contributed by atoms with Crippen molar-refractivity contribution in [2.24, 2.45) is 0 Å². The van der Waals surface area contributed by atoms with Crippen molar-refractivity contribution in [3.05, 3.63) is 47.9 Å². The van der Waals surface area contributed by atoms with Crippen LogP contribution in [0.2, 0.25) is 0 Å². The maximum absolute atomic E-state index is 12.2. The molecule has 0 unspecified atom stereocenters. The molecule has 1 aromatic carbocycles. The molecule has 0 bridgehead atoms. The van der Waals surface area contributed by atoms with Gasteiger partial charge in [0.05, 0.1) is 0 Å². The Balaban J connectivity index is 3.18. The molecule has 0 aliphatic rings. The summed E-state index contributed by atoms with van der Waals surface area (Å²) >= 11 is 0. The number of hydrogen-bond donors (Lipinski definition) is 0. The minimum Gasteiger partial charge on any atom is -0.405 e. The lowest BCUT2D eigenvalue weighted by atomic mass is 9.94. The first-order valence-corrected chi connectivity index (χ1v) is 5.23. The maximum atomic E-state index is 12.2. The van der Waals surface area contributed by atoms with Crippen LogP contribution >= 0.6 is 0 Å². The van der Waals surface area contributed by atoms with Crippen molar-refractivity contribution < 1.29 is 17.9 Å². The molecule has 0 aromatic heterocycles. The lowest BCUT2D eigenvalue weighted by molar-refractivity contribution is -0.274.